The lowest BCUT2D eigenvalue weighted by Gasteiger charge is -2.15. The zero-order chi connectivity index (χ0) is 27.4. The van der Waals surface area contributed by atoms with Gasteiger partial charge in [-0.2, -0.15) is 8.42 Å². The van der Waals surface area contributed by atoms with Crippen LogP contribution >= 0.6 is 22.9 Å². The van der Waals surface area contributed by atoms with Crippen LogP contribution in [0.15, 0.2) is 42.9 Å². The maximum absolute atomic E-state index is 13.6. The number of aromatic nitrogens is 2. The van der Waals surface area contributed by atoms with Crippen molar-refractivity contribution in [3.8, 4) is 0 Å². The normalized spacial score (nSPS) is 20.4. The number of thiophene rings is 1. The van der Waals surface area contributed by atoms with Crippen LogP contribution in [0.2, 0.25) is 5.02 Å². The summed E-state index contributed by atoms with van der Waals surface area (Å²) in [7, 11) is -2.59. The number of methoxy groups -OCH3 is 1. The van der Waals surface area contributed by atoms with Crippen LogP contribution in [0.4, 0.5) is 5.82 Å². The molecule has 1 saturated carbocycles. The number of hydrogen-bond acceptors (Lipinski definition) is 11. The molecular formula is C24H27ClN4O7S2. The summed E-state index contributed by atoms with van der Waals surface area (Å²) in [5.74, 6) is -0.544. The Kier molecular flexibility index (Phi) is 9.11. The number of anilines is 1. The SMILES string of the molecule is COCc1sc(C(=O)c2cncnc2N[C@@H]2C[C@H](COS(N)(=O)=O)[C@@H](O)C2)cc1[C@H](O)c1cccc(Cl)c1. The van der Waals surface area contributed by atoms with Crippen molar-refractivity contribution < 1.29 is 32.3 Å². The molecule has 204 valence electrons. The fourth-order valence-electron chi connectivity index (χ4n) is 4.41. The molecule has 0 spiro atoms. The first-order chi connectivity index (χ1) is 18.1. The second kappa shape index (κ2) is 12.1. The van der Waals surface area contributed by atoms with Gasteiger partial charge in [0, 0.05) is 40.7 Å². The van der Waals surface area contributed by atoms with Crippen molar-refractivity contribution in [1.29, 1.82) is 0 Å². The van der Waals surface area contributed by atoms with Crippen LogP contribution in [0, 0.1) is 5.92 Å². The third kappa shape index (κ3) is 6.93. The van der Waals surface area contributed by atoms with E-state index in [4.69, 9.17) is 21.5 Å². The zero-order valence-corrected chi connectivity index (χ0v) is 22.7. The lowest BCUT2D eigenvalue weighted by atomic mass is 10.0. The Morgan fingerprint density at radius 1 is 1.34 bits per heavy atom. The topological polar surface area (TPSA) is 174 Å². The van der Waals surface area contributed by atoms with E-state index in [0.29, 0.717) is 38.7 Å². The monoisotopic (exact) mass is 582 g/mol. The van der Waals surface area contributed by atoms with Crippen molar-refractivity contribution >= 4 is 44.8 Å². The lowest BCUT2D eigenvalue weighted by Crippen LogP contribution is -2.24. The van der Waals surface area contributed by atoms with Crippen LogP contribution in [0.1, 0.15) is 50.2 Å². The molecule has 1 aromatic carbocycles. The summed E-state index contributed by atoms with van der Waals surface area (Å²) in [6.45, 7) is -0.0494. The highest BCUT2D eigenvalue weighted by molar-refractivity contribution is 7.84. The first kappa shape index (κ1) is 28.5. The molecule has 0 radical (unpaired) electrons. The largest absolute Gasteiger partial charge is 0.393 e. The summed E-state index contributed by atoms with van der Waals surface area (Å²) in [5, 5.41) is 29.9. The van der Waals surface area contributed by atoms with E-state index in [-0.39, 0.29) is 36.4 Å². The number of aliphatic hydroxyl groups is 2. The highest BCUT2D eigenvalue weighted by atomic mass is 35.5. The number of rotatable bonds is 11. The number of benzene rings is 1. The molecule has 14 heteroatoms. The molecule has 11 nitrogen and oxygen atoms in total. The number of hydrogen-bond donors (Lipinski definition) is 4. The Hall–Kier alpha value is -2.49. The minimum Gasteiger partial charge on any atom is -0.393 e. The van der Waals surface area contributed by atoms with Crippen LogP contribution < -0.4 is 10.5 Å². The predicted molar refractivity (Wildman–Crippen MR) is 141 cm³/mol. The fourth-order valence-corrected chi connectivity index (χ4v) is 6.09. The molecule has 1 aliphatic carbocycles. The van der Waals surface area contributed by atoms with Gasteiger partial charge in [0.15, 0.2) is 0 Å². The predicted octanol–water partition coefficient (Wildman–Crippen LogP) is 2.42. The summed E-state index contributed by atoms with van der Waals surface area (Å²) < 4.78 is 32.1. The standard InChI is InChI=1S/C24H27ClN4O7S2/c1-35-11-21-17(22(31)13-3-2-4-15(25)5-13)8-20(37-21)23(32)18-9-27-12-28-24(18)29-16-6-14(19(30)7-16)10-36-38(26,33)34/h2-5,8-9,12,14,16,19,22,30-31H,6-7,10-11H2,1H3,(H2,26,33,34)(H,27,28,29)/t14-,16-,19+,22-/m1/s1. The Morgan fingerprint density at radius 2 is 2.13 bits per heavy atom. The number of halogens is 1. The second-order valence-electron chi connectivity index (χ2n) is 8.91. The maximum atomic E-state index is 13.6. The molecular weight excluding hydrogens is 556 g/mol. The van der Waals surface area contributed by atoms with E-state index in [0.717, 1.165) is 0 Å². The van der Waals surface area contributed by atoms with E-state index in [1.807, 2.05) is 0 Å². The highest BCUT2D eigenvalue weighted by Gasteiger charge is 2.35. The third-order valence-electron chi connectivity index (χ3n) is 6.20. The molecule has 0 saturated heterocycles. The Labute approximate surface area is 228 Å². The van der Waals surface area contributed by atoms with Gasteiger partial charge >= 0.3 is 10.3 Å². The molecule has 38 heavy (non-hydrogen) atoms. The molecule has 5 N–H and O–H groups in total. The average molecular weight is 583 g/mol. The number of nitrogens with zero attached hydrogens (tertiary/aromatic N) is 2. The van der Waals surface area contributed by atoms with Gasteiger partial charge in [-0.15, -0.1) is 11.3 Å². The van der Waals surface area contributed by atoms with Gasteiger partial charge in [0.1, 0.15) is 18.2 Å². The average Bonchev–Trinajstić information content (AvgIpc) is 3.45. The van der Waals surface area contributed by atoms with Crippen molar-refractivity contribution in [3.63, 3.8) is 0 Å². The van der Waals surface area contributed by atoms with E-state index in [1.165, 1.54) is 31.0 Å². The number of ketones is 1. The van der Waals surface area contributed by atoms with Gasteiger partial charge in [-0.25, -0.2) is 15.1 Å². The number of nitrogens with two attached hydrogens (primary N) is 1. The molecule has 0 bridgehead atoms. The molecule has 0 unspecified atom stereocenters. The third-order valence-corrected chi connectivity index (χ3v) is 8.02. The number of aliphatic hydroxyl groups excluding tert-OH is 2. The summed E-state index contributed by atoms with van der Waals surface area (Å²) in [6, 6.07) is 8.18. The molecule has 0 aliphatic heterocycles. The first-order valence-electron chi connectivity index (χ1n) is 11.6. The lowest BCUT2D eigenvalue weighted by molar-refractivity contribution is 0.101. The molecule has 4 rings (SSSR count). The summed E-state index contributed by atoms with van der Waals surface area (Å²) in [6.07, 6.45) is 1.53. The van der Waals surface area contributed by atoms with E-state index in [1.54, 1.807) is 30.3 Å². The molecule has 4 atom stereocenters. The molecule has 2 heterocycles. The Morgan fingerprint density at radius 3 is 2.84 bits per heavy atom. The quantitative estimate of drug-likeness (QED) is 0.246. The number of ether oxygens (including phenoxy) is 1. The molecule has 0 amide bonds. The molecule has 1 fully saturated rings. The summed E-state index contributed by atoms with van der Waals surface area (Å²) >= 11 is 7.29. The minimum atomic E-state index is -4.12. The van der Waals surface area contributed by atoms with E-state index in [2.05, 4.69) is 19.5 Å². The van der Waals surface area contributed by atoms with Crippen molar-refractivity contribution in [1.82, 2.24) is 9.97 Å². The minimum absolute atomic E-state index is 0.198. The maximum Gasteiger partial charge on any atom is 0.333 e. The van der Waals surface area contributed by atoms with Gasteiger partial charge in [-0.1, -0.05) is 23.7 Å². The first-order valence-corrected chi connectivity index (χ1v) is 14.2. The van der Waals surface area contributed by atoms with Gasteiger partial charge in [-0.3, -0.25) is 8.98 Å². The Balaban J connectivity index is 1.55. The zero-order valence-electron chi connectivity index (χ0n) is 20.3. The van der Waals surface area contributed by atoms with Crippen LogP contribution in [0.5, 0.6) is 0 Å². The van der Waals surface area contributed by atoms with E-state index < -0.39 is 28.4 Å². The van der Waals surface area contributed by atoms with Gasteiger partial charge in [0.2, 0.25) is 5.78 Å². The van der Waals surface area contributed by atoms with Crippen LogP contribution in [0.3, 0.4) is 0 Å². The van der Waals surface area contributed by atoms with Gasteiger partial charge < -0.3 is 20.3 Å². The fraction of sp³-hybridized carbons (Fsp3) is 0.375. The smallest absolute Gasteiger partial charge is 0.333 e. The van der Waals surface area contributed by atoms with Gasteiger partial charge in [-0.05, 0) is 36.6 Å². The van der Waals surface area contributed by atoms with Gasteiger partial charge in [0.05, 0.1) is 29.8 Å². The van der Waals surface area contributed by atoms with Crippen LogP contribution in [-0.4, -0.2) is 60.2 Å². The van der Waals surface area contributed by atoms with Gasteiger partial charge in [0.25, 0.3) is 0 Å². The van der Waals surface area contributed by atoms with Crippen LogP contribution in [0.25, 0.3) is 0 Å². The number of nitrogens with one attached hydrogen (secondary N) is 1. The second-order valence-corrected chi connectivity index (χ2v) is 11.7. The molecule has 3 aromatic rings. The van der Waals surface area contributed by atoms with E-state index >= 15 is 0 Å². The summed E-state index contributed by atoms with van der Waals surface area (Å²) in [4.78, 5) is 22.8. The molecule has 2 aromatic heterocycles. The van der Waals surface area contributed by atoms with Crippen molar-refractivity contribution in [2.75, 3.05) is 19.0 Å². The Bertz CT molecular complexity index is 1400. The van der Waals surface area contributed by atoms with Crippen molar-refractivity contribution in [2.24, 2.45) is 11.1 Å². The number of carbonyl (C=O) groups excluding carboxylic acids is 1. The van der Waals surface area contributed by atoms with E-state index in [9.17, 15) is 23.4 Å². The van der Waals surface area contributed by atoms with Crippen molar-refractivity contribution in [2.45, 2.75) is 37.7 Å². The summed E-state index contributed by atoms with van der Waals surface area (Å²) in [5.41, 5.74) is 1.32. The highest BCUT2D eigenvalue weighted by Crippen LogP contribution is 2.35. The number of carbonyl (C=O) groups is 1. The molecule has 1 aliphatic rings. The van der Waals surface area contributed by atoms with Crippen molar-refractivity contribution in [3.05, 3.63) is 74.3 Å². The van der Waals surface area contributed by atoms with Crippen LogP contribution in [-0.2, 0) is 25.8 Å².